The van der Waals surface area contributed by atoms with Crippen molar-refractivity contribution >= 4 is 15.9 Å². The molecule has 1 aromatic rings. The number of hydrogen-bond donors (Lipinski definition) is 1. The van der Waals surface area contributed by atoms with Gasteiger partial charge < -0.3 is 14.6 Å². The summed E-state index contributed by atoms with van der Waals surface area (Å²) in [6, 6.07) is 4.09. The third-order valence-electron chi connectivity index (χ3n) is 2.85. The highest BCUT2D eigenvalue weighted by Gasteiger charge is 2.25. The van der Waals surface area contributed by atoms with Gasteiger partial charge in [0.05, 0.1) is 18.8 Å². The van der Waals surface area contributed by atoms with E-state index in [0.29, 0.717) is 13.0 Å². The Balaban J connectivity index is 2.27. The van der Waals surface area contributed by atoms with Gasteiger partial charge >= 0.3 is 0 Å². The summed E-state index contributed by atoms with van der Waals surface area (Å²) in [6.07, 6.45) is 1.47. The van der Waals surface area contributed by atoms with E-state index in [1.165, 1.54) is 5.56 Å². The summed E-state index contributed by atoms with van der Waals surface area (Å²) >= 11 is 3.49. The largest absolute Gasteiger partial charge is 0.493 e. The van der Waals surface area contributed by atoms with E-state index in [9.17, 15) is 5.11 Å². The van der Waals surface area contributed by atoms with Crippen LogP contribution in [0, 0.1) is 0 Å². The molecule has 1 atom stereocenters. The number of ether oxygens (including phenoxy) is 2. The van der Waals surface area contributed by atoms with Crippen molar-refractivity contribution in [2.75, 3.05) is 20.3 Å². The van der Waals surface area contributed by atoms with Gasteiger partial charge in [0, 0.05) is 24.4 Å². The summed E-state index contributed by atoms with van der Waals surface area (Å²) in [5.74, 6) is 0.935. The zero-order valence-corrected chi connectivity index (χ0v) is 11.7. The minimum Gasteiger partial charge on any atom is -0.493 e. The molecule has 3 nitrogen and oxygen atoms in total. The van der Waals surface area contributed by atoms with Crippen LogP contribution in [-0.4, -0.2) is 31.0 Å². The molecule has 0 saturated heterocycles. The molecule has 0 spiro atoms. The van der Waals surface area contributed by atoms with Gasteiger partial charge in [-0.1, -0.05) is 15.9 Å². The highest BCUT2D eigenvalue weighted by Crippen LogP contribution is 2.34. The standard InChI is InChI=1S/C13H17BrO3/c1-13(15,8-16-2)7-10-6-11(14)5-9-3-4-17-12(9)10/h5-6,15H,3-4,7-8H2,1-2H3. The van der Waals surface area contributed by atoms with Gasteiger partial charge in [0.25, 0.3) is 0 Å². The number of halogens is 1. The average molecular weight is 301 g/mol. The van der Waals surface area contributed by atoms with Crippen molar-refractivity contribution in [1.82, 2.24) is 0 Å². The van der Waals surface area contributed by atoms with Crippen LogP contribution in [0.1, 0.15) is 18.1 Å². The Hall–Kier alpha value is -0.580. The van der Waals surface area contributed by atoms with Gasteiger partial charge in [-0.3, -0.25) is 0 Å². The minimum absolute atomic E-state index is 0.314. The fraction of sp³-hybridized carbons (Fsp3) is 0.538. The molecule has 2 rings (SSSR count). The van der Waals surface area contributed by atoms with Crippen LogP contribution < -0.4 is 4.74 Å². The quantitative estimate of drug-likeness (QED) is 0.927. The smallest absolute Gasteiger partial charge is 0.125 e. The monoisotopic (exact) mass is 300 g/mol. The topological polar surface area (TPSA) is 38.7 Å². The predicted octanol–water partition coefficient (Wildman–Crippen LogP) is 2.32. The zero-order valence-electron chi connectivity index (χ0n) is 10.1. The molecule has 1 heterocycles. The van der Waals surface area contributed by atoms with Crippen molar-refractivity contribution in [3.8, 4) is 5.75 Å². The van der Waals surface area contributed by atoms with E-state index in [1.54, 1.807) is 14.0 Å². The van der Waals surface area contributed by atoms with Crippen LogP contribution in [-0.2, 0) is 17.6 Å². The Morgan fingerprint density at radius 1 is 1.53 bits per heavy atom. The molecule has 0 bridgehead atoms. The van der Waals surface area contributed by atoms with Crippen LogP contribution in [0.15, 0.2) is 16.6 Å². The maximum Gasteiger partial charge on any atom is 0.125 e. The van der Waals surface area contributed by atoms with E-state index in [2.05, 4.69) is 22.0 Å². The molecular formula is C13H17BrO3. The normalized spacial score (nSPS) is 17.4. The van der Waals surface area contributed by atoms with Crippen molar-refractivity contribution < 1.29 is 14.6 Å². The molecule has 0 radical (unpaired) electrons. The lowest BCUT2D eigenvalue weighted by molar-refractivity contribution is -0.0164. The maximum absolute atomic E-state index is 10.2. The molecule has 1 aromatic carbocycles. The molecule has 17 heavy (non-hydrogen) atoms. The summed E-state index contributed by atoms with van der Waals surface area (Å²) < 4.78 is 11.7. The first-order chi connectivity index (χ1) is 8.02. The van der Waals surface area contributed by atoms with Gasteiger partial charge in [-0.15, -0.1) is 0 Å². The van der Waals surface area contributed by atoms with Gasteiger partial charge in [0.1, 0.15) is 5.75 Å². The van der Waals surface area contributed by atoms with Crippen molar-refractivity contribution in [3.63, 3.8) is 0 Å². The van der Waals surface area contributed by atoms with Crippen LogP contribution in [0.4, 0.5) is 0 Å². The van der Waals surface area contributed by atoms with Crippen molar-refractivity contribution in [3.05, 3.63) is 27.7 Å². The number of rotatable bonds is 4. The first-order valence-electron chi connectivity index (χ1n) is 5.67. The van der Waals surface area contributed by atoms with E-state index in [0.717, 1.165) is 28.8 Å². The minimum atomic E-state index is -0.866. The van der Waals surface area contributed by atoms with Gasteiger partial charge in [-0.25, -0.2) is 0 Å². The van der Waals surface area contributed by atoms with Crippen molar-refractivity contribution in [2.24, 2.45) is 0 Å². The van der Waals surface area contributed by atoms with Crippen LogP contribution >= 0.6 is 15.9 Å². The Kier molecular flexibility index (Phi) is 3.76. The molecule has 0 saturated carbocycles. The SMILES string of the molecule is COCC(C)(O)Cc1cc(Br)cc2c1OCC2. The molecule has 1 unspecified atom stereocenters. The average Bonchev–Trinajstić information content (AvgIpc) is 2.64. The Bertz CT molecular complexity index is 415. The molecule has 94 valence electrons. The molecule has 1 aliphatic heterocycles. The van der Waals surface area contributed by atoms with E-state index in [4.69, 9.17) is 9.47 Å². The lowest BCUT2D eigenvalue weighted by atomic mass is 9.95. The molecular weight excluding hydrogens is 284 g/mol. The summed E-state index contributed by atoms with van der Waals surface area (Å²) in [6.45, 7) is 2.82. The van der Waals surface area contributed by atoms with E-state index in [1.807, 2.05) is 6.07 Å². The third-order valence-corrected chi connectivity index (χ3v) is 3.31. The second-order valence-corrected chi connectivity index (χ2v) is 5.67. The zero-order chi connectivity index (χ0) is 12.5. The number of methoxy groups -OCH3 is 1. The Morgan fingerprint density at radius 3 is 3.00 bits per heavy atom. The number of hydrogen-bond acceptors (Lipinski definition) is 3. The highest BCUT2D eigenvalue weighted by atomic mass is 79.9. The van der Waals surface area contributed by atoms with Gasteiger partial charge in [-0.2, -0.15) is 0 Å². The first-order valence-corrected chi connectivity index (χ1v) is 6.46. The second kappa shape index (κ2) is 4.96. The molecule has 0 aliphatic carbocycles. The van der Waals surface area contributed by atoms with Crippen LogP contribution in [0.3, 0.4) is 0 Å². The fourth-order valence-electron chi connectivity index (χ4n) is 2.25. The lowest BCUT2D eigenvalue weighted by Crippen LogP contribution is -2.32. The molecule has 0 fully saturated rings. The highest BCUT2D eigenvalue weighted by molar-refractivity contribution is 9.10. The van der Waals surface area contributed by atoms with E-state index < -0.39 is 5.60 Å². The Labute approximate surface area is 110 Å². The third kappa shape index (κ3) is 3.00. The van der Waals surface area contributed by atoms with Crippen molar-refractivity contribution in [2.45, 2.75) is 25.4 Å². The first kappa shape index (κ1) is 12.9. The summed E-state index contributed by atoms with van der Waals surface area (Å²) in [7, 11) is 1.59. The second-order valence-electron chi connectivity index (χ2n) is 4.76. The van der Waals surface area contributed by atoms with Crippen molar-refractivity contribution in [1.29, 1.82) is 0 Å². The molecule has 0 amide bonds. The van der Waals surface area contributed by atoms with Crippen LogP contribution in [0.25, 0.3) is 0 Å². The number of aliphatic hydroxyl groups is 1. The molecule has 1 aliphatic rings. The predicted molar refractivity (Wildman–Crippen MR) is 69.5 cm³/mol. The summed E-state index contributed by atoms with van der Waals surface area (Å²) in [4.78, 5) is 0. The number of benzene rings is 1. The van der Waals surface area contributed by atoms with Gasteiger partial charge in [0.15, 0.2) is 0 Å². The maximum atomic E-state index is 10.2. The van der Waals surface area contributed by atoms with Crippen LogP contribution in [0.2, 0.25) is 0 Å². The van der Waals surface area contributed by atoms with E-state index >= 15 is 0 Å². The van der Waals surface area contributed by atoms with E-state index in [-0.39, 0.29) is 0 Å². The Morgan fingerprint density at radius 2 is 2.29 bits per heavy atom. The fourth-order valence-corrected chi connectivity index (χ4v) is 2.80. The summed E-state index contributed by atoms with van der Waals surface area (Å²) in [5.41, 5.74) is 1.38. The van der Waals surface area contributed by atoms with Gasteiger partial charge in [-0.05, 0) is 30.2 Å². The summed E-state index contributed by atoms with van der Waals surface area (Å²) in [5, 5.41) is 10.2. The van der Waals surface area contributed by atoms with Gasteiger partial charge in [0.2, 0.25) is 0 Å². The molecule has 0 aromatic heterocycles. The lowest BCUT2D eigenvalue weighted by Gasteiger charge is -2.23. The van der Waals surface area contributed by atoms with Crippen LogP contribution in [0.5, 0.6) is 5.75 Å². The number of fused-ring (bicyclic) bond motifs is 1. The molecule has 4 heteroatoms. The molecule has 1 N–H and O–H groups in total.